The molecule has 2 aromatic carbocycles. The minimum Gasteiger partial charge on any atom is -0.356 e. The van der Waals surface area contributed by atoms with E-state index < -0.39 is 12.1 Å². The molecular formula is C23H26ClN3O3. The normalized spacial score (nSPS) is 22.9. The summed E-state index contributed by atoms with van der Waals surface area (Å²) < 4.78 is 5.77. The van der Waals surface area contributed by atoms with E-state index >= 15 is 0 Å². The number of hydrogen-bond acceptors (Lipinski definition) is 4. The fourth-order valence-corrected chi connectivity index (χ4v) is 4.25. The van der Waals surface area contributed by atoms with Crippen LogP contribution in [0.25, 0.3) is 0 Å². The molecule has 0 spiro atoms. The zero-order valence-electron chi connectivity index (χ0n) is 17.0. The lowest BCUT2D eigenvalue weighted by molar-refractivity contribution is -0.168. The largest absolute Gasteiger partial charge is 0.356 e. The number of likely N-dealkylation sites (N-methyl/N-ethyl adjacent to an activating group) is 1. The number of rotatable bonds is 4. The van der Waals surface area contributed by atoms with Crippen molar-refractivity contribution in [2.45, 2.75) is 18.7 Å². The molecule has 2 aromatic rings. The molecular weight excluding hydrogens is 402 g/mol. The zero-order valence-corrected chi connectivity index (χ0v) is 17.8. The van der Waals surface area contributed by atoms with E-state index in [1.165, 1.54) is 5.56 Å². The Labute approximate surface area is 182 Å². The van der Waals surface area contributed by atoms with Crippen molar-refractivity contribution in [2.24, 2.45) is 0 Å². The van der Waals surface area contributed by atoms with Crippen molar-refractivity contribution in [3.05, 3.63) is 70.7 Å². The zero-order chi connectivity index (χ0) is 21.1. The van der Waals surface area contributed by atoms with Gasteiger partial charge in [-0.15, -0.1) is 0 Å². The van der Waals surface area contributed by atoms with E-state index in [-0.39, 0.29) is 18.4 Å². The van der Waals surface area contributed by atoms with Gasteiger partial charge in [0.25, 0.3) is 5.91 Å². The van der Waals surface area contributed by atoms with Gasteiger partial charge in [-0.2, -0.15) is 0 Å². The van der Waals surface area contributed by atoms with E-state index in [1.807, 2.05) is 35.2 Å². The highest BCUT2D eigenvalue weighted by Crippen LogP contribution is 2.31. The Hall–Kier alpha value is -2.41. The van der Waals surface area contributed by atoms with Gasteiger partial charge in [-0.1, -0.05) is 54.1 Å². The highest BCUT2D eigenvalue weighted by Gasteiger charge is 2.42. The maximum absolute atomic E-state index is 13.3. The van der Waals surface area contributed by atoms with Gasteiger partial charge in [0.05, 0.1) is 6.04 Å². The highest BCUT2D eigenvalue weighted by atomic mass is 35.5. The lowest BCUT2D eigenvalue weighted by Crippen LogP contribution is -2.57. The third-order valence-corrected chi connectivity index (χ3v) is 6.12. The topological polar surface area (TPSA) is 53.1 Å². The number of carbonyl (C=O) groups excluding carboxylic acids is 2. The van der Waals surface area contributed by atoms with Crippen LogP contribution in [-0.2, 0) is 20.9 Å². The van der Waals surface area contributed by atoms with Crippen molar-refractivity contribution in [1.82, 2.24) is 14.7 Å². The van der Waals surface area contributed by atoms with Crippen LogP contribution in [0.5, 0.6) is 0 Å². The van der Waals surface area contributed by atoms with Crippen molar-refractivity contribution in [1.29, 1.82) is 0 Å². The van der Waals surface area contributed by atoms with Crippen LogP contribution in [0, 0.1) is 0 Å². The minimum absolute atomic E-state index is 0.0614. The molecule has 158 valence electrons. The molecule has 0 aliphatic carbocycles. The predicted octanol–water partition coefficient (Wildman–Crippen LogP) is 2.58. The number of amides is 2. The molecule has 0 radical (unpaired) electrons. The second-order valence-electron chi connectivity index (χ2n) is 7.82. The smallest absolute Gasteiger partial charge is 0.254 e. The molecule has 0 aromatic heterocycles. The Kier molecular flexibility index (Phi) is 6.37. The second-order valence-corrected chi connectivity index (χ2v) is 8.26. The van der Waals surface area contributed by atoms with Crippen molar-refractivity contribution >= 4 is 23.4 Å². The molecule has 2 amide bonds. The van der Waals surface area contributed by atoms with Gasteiger partial charge in [0.1, 0.15) is 6.61 Å². The Morgan fingerprint density at radius 2 is 1.70 bits per heavy atom. The molecule has 7 heteroatoms. The SMILES string of the molecule is CN1C(=O)CO[C@H](C(=O)N2CCN(Cc3ccccc3)CC2)[C@H]1c1ccc(Cl)cc1. The Morgan fingerprint density at radius 1 is 1.03 bits per heavy atom. The first kappa shape index (κ1) is 20.8. The minimum atomic E-state index is -0.713. The number of piperazine rings is 1. The van der Waals surface area contributed by atoms with Crippen LogP contribution in [-0.4, -0.2) is 72.5 Å². The van der Waals surface area contributed by atoms with Gasteiger partial charge in [-0.3, -0.25) is 14.5 Å². The number of hydrogen-bond donors (Lipinski definition) is 0. The third-order valence-electron chi connectivity index (χ3n) is 5.87. The quantitative estimate of drug-likeness (QED) is 0.752. The average Bonchev–Trinajstić information content (AvgIpc) is 2.77. The summed E-state index contributed by atoms with van der Waals surface area (Å²) >= 11 is 6.02. The fraction of sp³-hybridized carbons (Fsp3) is 0.391. The lowest BCUT2D eigenvalue weighted by atomic mass is 9.97. The number of ether oxygens (including phenoxy) is 1. The molecule has 2 fully saturated rings. The summed E-state index contributed by atoms with van der Waals surface area (Å²) in [5.41, 5.74) is 2.12. The van der Waals surface area contributed by atoms with Crippen LogP contribution in [0.15, 0.2) is 54.6 Å². The molecule has 0 N–H and O–H groups in total. The maximum atomic E-state index is 13.3. The summed E-state index contributed by atoms with van der Waals surface area (Å²) in [5.74, 6) is -0.194. The van der Waals surface area contributed by atoms with Gasteiger partial charge < -0.3 is 14.5 Å². The van der Waals surface area contributed by atoms with Crippen LogP contribution >= 0.6 is 11.6 Å². The van der Waals surface area contributed by atoms with Crippen LogP contribution in [0.3, 0.4) is 0 Å². The van der Waals surface area contributed by atoms with E-state index in [2.05, 4.69) is 17.0 Å². The first-order valence-corrected chi connectivity index (χ1v) is 10.6. The molecule has 2 atom stereocenters. The molecule has 2 aliphatic rings. The van der Waals surface area contributed by atoms with Gasteiger partial charge >= 0.3 is 0 Å². The highest BCUT2D eigenvalue weighted by molar-refractivity contribution is 6.30. The number of carbonyl (C=O) groups is 2. The number of benzene rings is 2. The molecule has 30 heavy (non-hydrogen) atoms. The van der Waals surface area contributed by atoms with E-state index in [0.717, 1.165) is 25.2 Å². The van der Waals surface area contributed by atoms with Gasteiger partial charge in [0.15, 0.2) is 6.10 Å². The molecule has 4 rings (SSSR count). The van der Waals surface area contributed by atoms with E-state index in [0.29, 0.717) is 18.1 Å². The Bertz CT molecular complexity index is 882. The number of halogens is 1. The summed E-state index contributed by atoms with van der Waals surface area (Å²) in [6.45, 7) is 3.73. The van der Waals surface area contributed by atoms with E-state index in [1.54, 1.807) is 24.1 Å². The predicted molar refractivity (Wildman–Crippen MR) is 115 cm³/mol. The average molecular weight is 428 g/mol. The van der Waals surface area contributed by atoms with Crippen molar-refractivity contribution < 1.29 is 14.3 Å². The molecule has 0 bridgehead atoms. The summed E-state index contributed by atoms with van der Waals surface area (Å²) in [6, 6.07) is 17.1. The molecule has 6 nitrogen and oxygen atoms in total. The van der Waals surface area contributed by atoms with Gasteiger partial charge in [0, 0.05) is 44.8 Å². The molecule has 0 saturated carbocycles. The standard InChI is InChI=1S/C23H26ClN3O3/c1-25-20(28)16-30-22(21(25)18-7-9-19(24)10-8-18)23(29)27-13-11-26(12-14-27)15-17-5-3-2-4-6-17/h2-10,21-22H,11-16H2,1H3/t21-,22+/m1/s1. The van der Waals surface area contributed by atoms with Crippen LogP contribution in [0.2, 0.25) is 5.02 Å². The third kappa shape index (κ3) is 4.51. The van der Waals surface area contributed by atoms with Crippen molar-refractivity contribution in [3.8, 4) is 0 Å². The maximum Gasteiger partial charge on any atom is 0.254 e. The Balaban J connectivity index is 1.43. The van der Waals surface area contributed by atoms with Gasteiger partial charge in [-0.25, -0.2) is 0 Å². The van der Waals surface area contributed by atoms with Crippen LogP contribution in [0.1, 0.15) is 17.2 Å². The summed E-state index contributed by atoms with van der Waals surface area (Å²) in [6.07, 6.45) is -0.713. The van der Waals surface area contributed by atoms with Crippen molar-refractivity contribution in [2.75, 3.05) is 39.8 Å². The van der Waals surface area contributed by atoms with Gasteiger partial charge in [-0.05, 0) is 23.3 Å². The fourth-order valence-electron chi connectivity index (χ4n) is 4.12. The molecule has 2 aliphatic heterocycles. The molecule has 2 saturated heterocycles. The number of morpholine rings is 1. The van der Waals surface area contributed by atoms with Crippen LogP contribution in [0.4, 0.5) is 0 Å². The molecule has 2 heterocycles. The second kappa shape index (κ2) is 9.16. The van der Waals surface area contributed by atoms with Crippen LogP contribution < -0.4 is 0 Å². The monoisotopic (exact) mass is 427 g/mol. The first-order valence-electron chi connectivity index (χ1n) is 10.2. The lowest BCUT2D eigenvalue weighted by Gasteiger charge is -2.42. The molecule has 0 unspecified atom stereocenters. The summed E-state index contributed by atoms with van der Waals surface area (Å²) in [4.78, 5) is 31.4. The van der Waals surface area contributed by atoms with E-state index in [9.17, 15) is 9.59 Å². The summed E-state index contributed by atoms with van der Waals surface area (Å²) in [5, 5.41) is 0.613. The number of nitrogens with zero attached hydrogens (tertiary/aromatic N) is 3. The Morgan fingerprint density at radius 3 is 2.37 bits per heavy atom. The summed E-state index contributed by atoms with van der Waals surface area (Å²) in [7, 11) is 1.72. The van der Waals surface area contributed by atoms with Gasteiger partial charge in [0.2, 0.25) is 5.91 Å². The van der Waals surface area contributed by atoms with Crippen molar-refractivity contribution in [3.63, 3.8) is 0 Å². The first-order chi connectivity index (χ1) is 14.5. The van der Waals surface area contributed by atoms with E-state index in [4.69, 9.17) is 16.3 Å².